The summed E-state index contributed by atoms with van der Waals surface area (Å²) in [6.07, 6.45) is 2.96. The number of nitrogens with one attached hydrogen (secondary N) is 1. The van der Waals surface area contributed by atoms with Crippen molar-refractivity contribution >= 4 is 5.91 Å². The van der Waals surface area contributed by atoms with Gasteiger partial charge in [-0.05, 0) is 49.2 Å². The molecule has 1 amide bonds. The van der Waals surface area contributed by atoms with Gasteiger partial charge in [0, 0.05) is 31.0 Å². The van der Waals surface area contributed by atoms with Crippen molar-refractivity contribution in [2.75, 3.05) is 13.6 Å². The average Bonchev–Trinajstić information content (AvgIpc) is 3.43. The predicted molar refractivity (Wildman–Crippen MR) is 113 cm³/mol. The topological polar surface area (TPSA) is 66.8 Å². The highest BCUT2D eigenvalue weighted by Crippen LogP contribution is 2.19. The number of hydrogen-bond acceptors (Lipinski definition) is 3. The van der Waals surface area contributed by atoms with Gasteiger partial charge in [0.15, 0.2) is 5.69 Å². The minimum Gasteiger partial charge on any atom is -0.340 e. The Morgan fingerprint density at radius 3 is 2.74 bits per heavy atom. The molecule has 1 N–H and O–H groups in total. The van der Waals surface area contributed by atoms with Crippen LogP contribution in [0.15, 0.2) is 66.9 Å². The predicted octanol–water partition coefficient (Wildman–Crippen LogP) is 4.25. The van der Waals surface area contributed by atoms with Crippen molar-refractivity contribution < 1.29 is 13.6 Å². The fourth-order valence-corrected chi connectivity index (χ4v) is 3.30. The first-order valence-corrected chi connectivity index (χ1v) is 9.87. The third-order valence-electron chi connectivity index (χ3n) is 4.95. The molecule has 2 heterocycles. The normalized spacial score (nSPS) is 10.9. The zero-order chi connectivity index (χ0) is 21.8. The molecule has 0 saturated heterocycles. The second-order valence-corrected chi connectivity index (χ2v) is 7.22. The number of benzene rings is 2. The number of rotatable bonds is 7. The molecule has 8 heteroatoms. The number of aryl methyl sites for hydroxylation is 1. The number of hydrogen-bond donors (Lipinski definition) is 1. The Kier molecular flexibility index (Phi) is 5.88. The van der Waals surface area contributed by atoms with Crippen LogP contribution < -0.4 is 0 Å². The molecule has 6 nitrogen and oxygen atoms in total. The van der Waals surface area contributed by atoms with Crippen LogP contribution in [0.1, 0.15) is 22.6 Å². The molecule has 31 heavy (non-hydrogen) atoms. The van der Waals surface area contributed by atoms with Crippen LogP contribution >= 0.6 is 0 Å². The van der Waals surface area contributed by atoms with Gasteiger partial charge in [-0.25, -0.2) is 13.5 Å². The second-order valence-electron chi connectivity index (χ2n) is 7.22. The van der Waals surface area contributed by atoms with Crippen LogP contribution in [0.3, 0.4) is 0 Å². The van der Waals surface area contributed by atoms with E-state index in [0.717, 1.165) is 5.69 Å². The Bertz CT molecular complexity index is 1200. The van der Waals surface area contributed by atoms with E-state index < -0.39 is 5.82 Å². The molecule has 0 fully saturated rings. The minimum absolute atomic E-state index is 0.236. The maximum atomic E-state index is 13.9. The van der Waals surface area contributed by atoms with Crippen LogP contribution in [0.4, 0.5) is 8.78 Å². The monoisotopic (exact) mass is 421 g/mol. The molecule has 2 aromatic heterocycles. The molecular formula is C23H21F2N5O. The molecule has 4 rings (SSSR count). The fourth-order valence-electron chi connectivity index (χ4n) is 3.30. The first kappa shape index (κ1) is 20.5. The van der Waals surface area contributed by atoms with Crippen molar-refractivity contribution in [3.05, 3.63) is 89.9 Å². The molecule has 0 spiro atoms. The Hall–Kier alpha value is -3.81. The standard InChI is InChI=1S/C23H21F2N5O/c1-29(23(31)20-11-13-30(28-20)22-10-3-2-9-19(22)25)12-5-8-18-15-21(27-26-18)16-6-4-7-17(24)14-16/h2-4,6-7,9-11,13-15H,5,8,12H2,1H3,(H,26,27). The molecule has 0 bridgehead atoms. The Morgan fingerprint density at radius 1 is 1.10 bits per heavy atom. The number of carbonyl (C=O) groups is 1. The van der Waals surface area contributed by atoms with E-state index in [1.807, 2.05) is 6.07 Å². The van der Waals surface area contributed by atoms with Crippen LogP contribution in [-0.2, 0) is 6.42 Å². The molecule has 0 saturated carbocycles. The van der Waals surface area contributed by atoms with Crippen molar-refractivity contribution in [3.63, 3.8) is 0 Å². The van der Waals surface area contributed by atoms with Gasteiger partial charge in [0.1, 0.15) is 17.3 Å². The van der Waals surface area contributed by atoms with Crippen LogP contribution in [0.25, 0.3) is 16.9 Å². The van der Waals surface area contributed by atoms with E-state index in [-0.39, 0.29) is 23.1 Å². The average molecular weight is 421 g/mol. The van der Waals surface area contributed by atoms with Crippen LogP contribution in [0.5, 0.6) is 0 Å². The summed E-state index contributed by atoms with van der Waals surface area (Å²) < 4.78 is 28.7. The smallest absolute Gasteiger partial charge is 0.274 e. The highest BCUT2D eigenvalue weighted by molar-refractivity contribution is 5.92. The quantitative estimate of drug-likeness (QED) is 0.485. The van der Waals surface area contributed by atoms with Gasteiger partial charge in [0.2, 0.25) is 0 Å². The number of aromatic nitrogens is 4. The molecule has 4 aromatic rings. The van der Waals surface area contributed by atoms with Crippen LogP contribution in [0.2, 0.25) is 0 Å². The summed E-state index contributed by atoms with van der Waals surface area (Å²) in [7, 11) is 1.70. The SMILES string of the molecule is CN(CCCc1cc(-c2cccc(F)c2)n[nH]1)C(=O)c1ccn(-c2ccccc2F)n1. The fraction of sp³-hybridized carbons (Fsp3) is 0.174. The number of para-hydroxylation sites is 1. The lowest BCUT2D eigenvalue weighted by Crippen LogP contribution is -2.28. The van der Waals surface area contributed by atoms with Gasteiger partial charge in [0.05, 0.1) is 5.69 Å². The summed E-state index contributed by atoms with van der Waals surface area (Å²) >= 11 is 0. The van der Waals surface area contributed by atoms with Gasteiger partial charge in [0.25, 0.3) is 5.91 Å². The number of amides is 1. The van der Waals surface area contributed by atoms with E-state index in [1.54, 1.807) is 54.5 Å². The summed E-state index contributed by atoms with van der Waals surface area (Å²) in [4.78, 5) is 14.2. The maximum Gasteiger partial charge on any atom is 0.274 e. The minimum atomic E-state index is -0.407. The Morgan fingerprint density at radius 2 is 1.94 bits per heavy atom. The molecular weight excluding hydrogens is 400 g/mol. The van der Waals surface area contributed by atoms with Crippen molar-refractivity contribution in [2.24, 2.45) is 0 Å². The number of carbonyl (C=O) groups excluding carboxylic acids is 1. The van der Waals surface area contributed by atoms with E-state index in [9.17, 15) is 13.6 Å². The largest absolute Gasteiger partial charge is 0.340 e. The van der Waals surface area contributed by atoms with Gasteiger partial charge >= 0.3 is 0 Å². The number of aromatic amines is 1. The lowest BCUT2D eigenvalue weighted by molar-refractivity contribution is 0.0787. The van der Waals surface area contributed by atoms with Crippen molar-refractivity contribution in [1.29, 1.82) is 0 Å². The van der Waals surface area contributed by atoms with E-state index in [0.29, 0.717) is 30.6 Å². The molecule has 0 aliphatic carbocycles. The Labute approximate surface area is 178 Å². The van der Waals surface area contributed by atoms with E-state index in [2.05, 4.69) is 15.3 Å². The van der Waals surface area contributed by atoms with Crippen molar-refractivity contribution in [3.8, 4) is 16.9 Å². The van der Waals surface area contributed by atoms with E-state index in [4.69, 9.17) is 0 Å². The summed E-state index contributed by atoms with van der Waals surface area (Å²) in [6, 6.07) is 16.0. The van der Waals surface area contributed by atoms with Gasteiger partial charge in [-0.3, -0.25) is 9.89 Å². The third-order valence-corrected chi connectivity index (χ3v) is 4.95. The number of halogens is 2. The Balaban J connectivity index is 1.33. The van der Waals surface area contributed by atoms with E-state index >= 15 is 0 Å². The molecule has 158 valence electrons. The number of H-pyrrole nitrogens is 1. The molecule has 0 atom stereocenters. The number of nitrogens with zero attached hydrogens (tertiary/aromatic N) is 4. The van der Waals surface area contributed by atoms with Gasteiger partial charge in [-0.15, -0.1) is 0 Å². The summed E-state index contributed by atoms with van der Waals surface area (Å²) in [6.45, 7) is 0.514. The lowest BCUT2D eigenvalue weighted by atomic mass is 10.1. The van der Waals surface area contributed by atoms with Crippen molar-refractivity contribution in [2.45, 2.75) is 12.8 Å². The third kappa shape index (κ3) is 4.69. The van der Waals surface area contributed by atoms with Gasteiger partial charge < -0.3 is 4.90 Å². The summed E-state index contributed by atoms with van der Waals surface area (Å²) in [5, 5.41) is 11.4. The molecule has 0 unspecified atom stereocenters. The lowest BCUT2D eigenvalue weighted by Gasteiger charge is -2.15. The molecule has 0 aliphatic heterocycles. The van der Waals surface area contributed by atoms with Crippen LogP contribution in [0, 0.1) is 11.6 Å². The zero-order valence-electron chi connectivity index (χ0n) is 16.9. The summed E-state index contributed by atoms with van der Waals surface area (Å²) in [5.74, 6) is -0.949. The molecule has 2 aromatic carbocycles. The first-order valence-electron chi connectivity index (χ1n) is 9.87. The summed E-state index contributed by atoms with van der Waals surface area (Å²) in [5.41, 5.74) is 2.83. The van der Waals surface area contributed by atoms with Crippen molar-refractivity contribution in [1.82, 2.24) is 24.9 Å². The second kappa shape index (κ2) is 8.91. The van der Waals surface area contributed by atoms with Crippen LogP contribution in [-0.4, -0.2) is 44.4 Å². The highest BCUT2D eigenvalue weighted by atomic mass is 19.1. The van der Waals surface area contributed by atoms with Gasteiger partial charge in [-0.2, -0.15) is 10.2 Å². The molecule has 0 aliphatic rings. The zero-order valence-corrected chi connectivity index (χ0v) is 16.9. The van der Waals surface area contributed by atoms with Gasteiger partial charge in [-0.1, -0.05) is 24.3 Å². The first-order chi connectivity index (χ1) is 15.0. The molecule has 0 radical (unpaired) electrons. The van der Waals surface area contributed by atoms with E-state index in [1.165, 1.54) is 22.9 Å². The highest BCUT2D eigenvalue weighted by Gasteiger charge is 2.16. The maximum absolute atomic E-state index is 13.9.